The van der Waals surface area contributed by atoms with Crippen molar-refractivity contribution in [2.24, 2.45) is 11.8 Å². The molecule has 12 heavy (non-hydrogen) atoms. The van der Waals surface area contributed by atoms with Crippen LogP contribution in [-0.2, 0) is 4.74 Å². The van der Waals surface area contributed by atoms with Crippen molar-refractivity contribution in [2.75, 3.05) is 0 Å². The molecular formula is C10H13NO. The number of hydrogen-bond donors (Lipinski definition) is 0. The average Bonchev–Trinajstić information content (AvgIpc) is 2.62. The Balaban J connectivity index is 1.81. The largest absolute Gasteiger partial charge is 0.350 e. The van der Waals surface area contributed by atoms with Crippen LogP contribution in [0.3, 0.4) is 0 Å². The van der Waals surface area contributed by atoms with Gasteiger partial charge in [0, 0.05) is 0 Å². The van der Waals surface area contributed by atoms with Crippen LogP contribution in [0.1, 0.15) is 32.1 Å². The van der Waals surface area contributed by atoms with Gasteiger partial charge in [-0.2, -0.15) is 5.26 Å². The van der Waals surface area contributed by atoms with E-state index in [0.29, 0.717) is 0 Å². The number of ether oxygens (including phenoxy) is 1. The average molecular weight is 163 g/mol. The maximum absolute atomic E-state index is 8.74. The highest BCUT2D eigenvalue weighted by Gasteiger charge is 2.61. The van der Waals surface area contributed by atoms with Gasteiger partial charge in [0.2, 0.25) is 0 Å². The quantitative estimate of drug-likeness (QED) is 0.511. The smallest absolute Gasteiger partial charge is 0.173 e. The van der Waals surface area contributed by atoms with Gasteiger partial charge in [0.1, 0.15) is 5.60 Å². The van der Waals surface area contributed by atoms with E-state index in [0.717, 1.165) is 11.8 Å². The summed E-state index contributed by atoms with van der Waals surface area (Å²) in [6, 6.07) is 2.25. The first-order valence-corrected chi connectivity index (χ1v) is 4.90. The van der Waals surface area contributed by atoms with Crippen molar-refractivity contribution in [3.63, 3.8) is 0 Å². The molecule has 0 amide bonds. The molecule has 0 radical (unpaired) electrons. The minimum atomic E-state index is -0.0547. The number of nitrogens with zero attached hydrogens (tertiary/aromatic N) is 1. The molecule has 2 nitrogen and oxygen atoms in total. The molecule has 2 bridgehead atoms. The highest BCUT2D eigenvalue weighted by molar-refractivity contribution is 5.17. The van der Waals surface area contributed by atoms with Crippen LogP contribution in [0.15, 0.2) is 0 Å². The lowest BCUT2D eigenvalue weighted by molar-refractivity contribution is 0.184. The number of epoxide rings is 1. The molecule has 0 aromatic rings. The molecule has 64 valence electrons. The molecule has 2 heteroatoms. The molecule has 3 fully saturated rings. The van der Waals surface area contributed by atoms with Gasteiger partial charge in [-0.25, -0.2) is 0 Å². The fourth-order valence-electron chi connectivity index (χ4n) is 3.26. The van der Waals surface area contributed by atoms with Crippen LogP contribution in [0.4, 0.5) is 0 Å². The molecule has 3 unspecified atom stereocenters. The third-order valence-electron chi connectivity index (χ3n) is 3.81. The Morgan fingerprint density at radius 3 is 2.42 bits per heavy atom. The van der Waals surface area contributed by atoms with Crippen molar-refractivity contribution < 1.29 is 4.74 Å². The van der Waals surface area contributed by atoms with E-state index in [1.165, 1.54) is 32.1 Å². The summed E-state index contributed by atoms with van der Waals surface area (Å²) in [5.41, 5.74) is 0.0405. The van der Waals surface area contributed by atoms with E-state index in [-0.39, 0.29) is 11.7 Å². The van der Waals surface area contributed by atoms with Crippen molar-refractivity contribution in [1.82, 2.24) is 0 Å². The lowest BCUT2D eigenvalue weighted by atomic mass is 9.79. The lowest BCUT2D eigenvalue weighted by Gasteiger charge is -2.24. The molecule has 0 aromatic heterocycles. The van der Waals surface area contributed by atoms with Gasteiger partial charge in [-0.05, 0) is 31.1 Å². The molecule has 0 aromatic carbocycles. The first kappa shape index (κ1) is 6.91. The van der Waals surface area contributed by atoms with Crippen LogP contribution < -0.4 is 0 Å². The van der Waals surface area contributed by atoms with E-state index < -0.39 is 0 Å². The fraction of sp³-hybridized carbons (Fsp3) is 0.900. The zero-order chi connectivity index (χ0) is 8.18. The zero-order valence-electron chi connectivity index (χ0n) is 7.12. The van der Waals surface area contributed by atoms with Crippen LogP contribution in [0, 0.1) is 23.2 Å². The molecule has 2 saturated carbocycles. The minimum Gasteiger partial charge on any atom is -0.350 e. The second-order valence-electron chi connectivity index (χ2n) is 4.65. The Labute approximate surface area is 72.5 Å². The number of nitriles is 1. The van der Waals surface area contributed by atoms with E-state index in [1.807, 2.05) is 0 Å². The van der Waals surface area contributed by atoms with Crippen molar-refractivity contribution in [3.8, 4) is 6.07 Å². The maximum Gasteiger partial charge on any atom is 0.173 e. The predicted molar refractivity (Wildman–Crippen MR) is 43.3 cm³/mol. The first-order chi connectivity index (χ1) is 5.82. The highest BCUT2D eigenvalue weighted by atomic mass is 16.6. The molecule has 1 spiro atoms. The van der Waals surface area contributed by atoms with Crippen LogP contribution in [0.25, 0.3) is 0 Å². The molecule has 3 rings (SSSR count). The Bertz CT molecular complexity index is 243. The van der Waals surface area contributed by atoms with Crippen LogP contribution in [0.5, 0.6) is 0 Å². The molecule has 0 N–H and O–H groups in total. The van der Waals surface area contributed by atoms with Gasteiger partial charge in [-0.3, -0.25) is 0 Å². The van der Waals surface area contributed by atoms with Crippen molar-refractivity contribution >= 4 is 0 Å². The van der Waals surface area contributed by atoms with Gasteiger partial charge in [0.05, 0.1) is 6.07 Å². The van der Waals surface area contributed by atoms with Crippen molar-refractivity contribution in [3.05, 3.63) is 0 Å². The molecule has 3 aliphatic rings. The van der Waals surface area contributed by atoms with E-state index in [4.69, 9.17) is 10.00 Å². The standard InChI is InChI=1S/C10H13NO/c11-6-9-10(12-9)4-7-1-2-8(3-7)5-10/h7-9H,1-5H2. The summed E-state index contributed by atoms with van der Waals surface area (Å²) in [5.74, 6) is 1.75. The second kappa shape index (κ2) is 2.03. The third-order valence-corrected chi connectivity index (χ3v) is 3.81. The normalized spacial score (nSPS) is 55.4. The zero-order valence-corrected chi connectivity index (χ0v) is 7.12. The number of rotatable bonds is 0. The number of hydrogen-bond acceptors (Lipinski definition) is 2. The summed E-state index contributed by atoms with van der Waals surface area (Å²) in [6.45, 7) is 0. The summed E-state index contributed by atoms with van der Waals surface area (Å²) >= 11 is 0. The summed E-state index contributed by atoms with van der Waals surface area (Å²) < 4.78 is 5.51. The Kier molecular flexibility index (Phi) is 1.17. The monoisotopic (exact) mass is 163 g/mol. The van der Waals surface area contributed by atoms with Crippen LogP contribution in [-0.4, -0.2) is 11.7 Å². The topological polar surface area (TPSA) is 36.3 Å². The lowest BCUT2D eigenvalue weighted by Crippen LogP contribution is -2.25. The third kappa shape index (κ3) is 0.778. The molecule has 3 atom stereocenters. The summed E-state index contributed by atoms with van der Waals surface area (Å²) in [7, 11) is 0. The predicted octanol–water partition coefficient (Wildman–Crippen LogP) is 1.86. The van der Waals surface area contributed by atoms with Gasteiger partial charge in [-0.15, -0.1) is 0 Å². The summed E-state index contributed by atoms with van der Waals surface area (Å²) in [4.78, 5) is 0. The van der Waals surface area contributed by atoms with Crippen LogP contribution in [0.2, 0.25) is 0 Å². The fourth-order valence-corrected chi connectivity index (χ4v) is 3.26. The van der Waals surface area contributed by atoms with Gasteiger partial charge < -0.3 is 4.74 Å². The molecule has 2 aliphatic carbocycles. The SMILES string of the molecule is N#CC1OC12CC1CCC(C1)C2. The van der Waals surface area contributed by atoms with Crippen LogP contribution >= 0.6 is 0 Å². The van der Waals surface area contributed by atoms with E-state index in [1.54, 1.807) is 0 Å². The summed E-state index contributed by atoms with van der Waals surface area (Å²) in [5, 5.41) is 8.74. The number of fused-ring (bicyclic) bond motifs is 2. The Hall–Kier alpha value is -0.550. The van der Waals surface area contributed by atoms with Crippen molar-refractivity contribution in [1.29, 1.82) is 5.26 Å². The van der Waals surface area contributed by atoms with Crippen molar-refractivity contribution in [2.45, 2.75) is 43.8 Å². The summed E-state index contributed by atoms with van der Waals surface area (Å²) in [6.07, 6.45) is 6.45. The Morgan fingerprint density at radius 2 is 1.92 bits per heavy atom. The molecule has 1 saturated heterocycles. The Morgan fingerprint density at radius 1 is 1.25 bits per heavy atom. The van der Waals surface area contributed by atoms with Gasteiger partial charge in [0.15, 0.2) is 6.10 Å². The van der Waals surface area contributed by atoms with E-state index in [2.05, 4.69) is 6.07 Å². The van der Waals surface area contributed by atoms with E-state index in [9.17, 15) is 0 Å². The van der Waals surface area contributed by atoms with Gasteiger partial charge in [0.25, 0.3) is 0 Å². The van der Waals surface area contributed by atoms with Gasteiger partial charge in [-0.1, -0.05) is 12.8 Å². The first-order valence-electron chi connectivity index (χ1n) is 4.90. The highest BCUT2D eigenvalue weighted by Crippen LogP contribution is 2.56. The molecule has 1 heterocycles. The second-order valence-corrected chi connectivity index (χ2v) is 4.65. The van der Waals surface area contributed by atoms with E-state index >= 15 is 0 Å². The maximum atomic E-state index is 8.74. The molecular weight excluding hydrogens is 150 g/mol. The minimum absolute atomic E-state index is 0.0405. The molecule has 1 aliphatic heterocycles. The van der Waals surface area contributed by atoms with Gasteiger partial charge >= 0.3 is 0 Å².